The van der Waals surface area contributed by atoms with Crippen LogP contribution in [0.25, 0.3) is 0 Å². The molecule has 7 nitrogen and oxygen atoms in total. The predicted octanol–water partition coefficient (Wildman–Crippen LogP) is 2.85. The number of ether oxygens (including phenoxy) is 1. The second-order valence-corrected chi connectivity index (χ2v) is 7.05. The molecule has 3 N–H and O–H groups in total. The lowest BCUT2D eigenvalue weighted by Gasteiger charge is -2.36. The molecular weight excluding hydrogens is 414 g/mol. The summed E-state index contributed by atoms with van der Waals surface area (Å²) in [5.74, 6) is -0.573. The Morgan fingerprint density at radius 1 is 1.22 bits per heavy atom. The van der Waals surface area contributed by atoms with Gasteiger partial charge in [-0.05, 0) is 35.4 Å². The SMILES string of the molecule is O=C(NO)c1ccc(CNC(=O)N2CCOCC2c2cccc(Br)c2)cc1. The Bertz CT molecular complexity index is 813. The number of benzene rings is 2. The molecule has 8 heteroatoms. The zero-order valence-electron chi connectivity index (χ0n) is 14.5. The molecule has 0 bridgehead atoms. The number of amides is 3. The minimum atomic E-state index is -0.573. The van der Waals surface area contributed by atoms with E-state index in [-0.39, 0.29) is 12.1 Å². The van der Waals surface area contributed by atoms with Gasteiger partial charge in [-0.2, -0.15) is 0 Å². The number of hydroxylamine groups is 1. The Balaban J connectivity index is 1.64. The number of rotatable bonds is 4. The summed E-state index contributed by atoms with van der Waals surface area (Å²) in [6.07, 6.45) is 0. The summed E-state index contributed by atoms with van der Waals surface area (Å²) < 4.78 is 6.53. The standard InChI is InChI=1S/C19H20BrN3O4/c20-16-3-1-2-15(10-16)17-12-27-9-8-23(17)19(25)21-11-13-4-6-14(7-5-13)18(24)22-26/h1-7,10,17,26H,8-9,11-12H2,(H,21,25)(H,22,24). The third-order valence-electron chi connectivity index (χ3n) is 4.38. The van der Waals surface area contributed by atoms with Gasteiger partial charge in [0.1, 0.15) is 0 Å². The summed E-state index contributed by atoms with van der Waals surface area (Å²) in [6.45, 7) is 1.80. The highest BCUT2D eigenvalue weighted by Crippen LogP contribution is 2.26. The number of morpholine rings is 1. The van der Waals surface area contributed by atoms with Crippen molar-refractivity contribution in [2.45, 2.75) is 12.6 Å². The first-order chi connectivity index (χ1) is 13.1. The van der Waals surface area contributed by atoms with Gasteiger partial charge in [-0.15, -0.1) is 0 Å². The van der Waals surface area contributed by atoms with Crippen molar-refractivity contribution in [3.63, 3.8) is 0 Å². The Labute approximate surface area is 165 Å². The molecule has 3 rings (SSSR count). The molecule has 1 aliphatic heterocycles. The lowest BCUT2D eigenvalue weighted by Crippen LogP contribution is -2.47. The van der Waals surface area contributed by atoms with E-state index in [0.29, 0.717) is 31.9 Å². The molecule has 1 saturated heterocycles. The highest BCUT2D eigenvalue weighted by molar-refractivity contribution is 9.10. The second kappa shape index (κ2) is 8.98. The van der Waals surface area contributed by atoms with Crippen molar-refractivity contribution >= 4 is 27.9 Å². The molecule has 0 radical (unpaired) electrons. The first-order valence-electron chi connectivity index (χ1n) is 8.49. The molecule has 1 fully saturated rings. The zero-order chi connectivity index (χ0) is 19.2. The molecule has 2 aromatic carbocycles. The minimum absolute atomic E-state index is 0.146. The van der Waals surface area contributed by atoms with Crippen molar-refractivity contribution in [1.82, 2.24) is 15.7 Å². The lowest BCUT2D eigenvalue weighted by molar-refractivity contribution is 0.0115. The van der Waals surface area contributed by atoms with Crippen molar-refractivity contribution in [3.05, 3.63) is 69.7 Å². The van der Waals surface area contributed by atoms with Crippen LogP contribution in [0.2, 0.25) is 0 Å². The maximum absolute atomic E-state index is 12.7. The van der Waals surface area contributed by atoms with Crippen molar-refractivity contribution < 1.29 is 19.5 Å². The fourth-order valence-corrected chi connectivity index (χ4v) is 3.37. The molecule has 2 aromatic rings. The number of nitrogens with one attached hydrogen (secondary N) is 2. The predicted molar refractivity (Wildman–Crippen MR) is 102 cm³/mol. The summed E-state index contributed by atoms with van der Waals surface area (Å²) in [7, 11) is 0. The van der Waals surface area contributed by atoms with Crippen LogP contribution < -0.4 is 10.8 Å². The smallest absolute Gasteiger partial charge is 0.318 e. The van der Waals surface area contributed by atoms with Gasteiger partial charge in [0, 0.05) is 23.1 Å². The molecular formula is C19H20BrN3O4. The monoisotopic (exact) mass is 433 g/mol. The van der Waals surface area contributed by atoms with Gasteiger partial charge in [0.15, 0.2) is 0 Å². The molecule has 3 amide bonds. The summed E-state index contributed by atoms with van der Waals surface area (Å²) in [5, 5.41) is 11.6. The van der Waals surface area contributed by atoms with E-state index in [4.69, 9.17) is 9.94 Å². The number of urea groups is 1. The number of carbonyl (C=O) groups is 2. The van der Waals surface area contributed by atoms with Crippen molar-refractivity contribution in [2.75, 3.05) is 19.8 Å². The van der Waals surface area contributed by atoms with Crippen LogP contribution in [0, 0.1) is 0 Å². The third kappa shape index (κ3) is 4.85. The topological polar surface area (TPSA) is 90.9 Å². The van der Waals surface area contributed by atoms with Crippen LogP contribution in [-0.2, 0) is 11.3 Å². The molecule has 1 aliphatic rings. The van der Waals surface area contributed by atoms with E-state index in [2.05, 4.69) is 21.2 Å². The van der Waals surface area contributed by atoms with Crippen molar-refractivity contribution in [1.29, 1.82) is 0 Å². The van der Waals surface area contributed by atoms with E-state index in [1.807, 2.05) is 24.3 Å². The number of hydrogen-bond donors (Lipinski definition) is 3. The molecule has 0 spiro atoms. The van der Waals surface area contributed by atoms with Crippen LogP contribution in [-0.4, -0.2) is 41.8 Å². The van der Waals surface area contributed by atoms with Gasteiger partial charge in [-0.3, -0.25) is 10.0 Å². The van der Waals surface area contributed by atoms with Crippen LogP contribution in [0.4, 0.5) is 4.79 Å². The maximum Gasteiger partial charge on any atom is 0.318 e. The molecule has 0 aromatic heterocycles. The Kier molecular flexibility index (Phi) is 6.44. The van der Waals surface area contributed by atoms with Gasteiger partial charge in [-0.1, -0.05) is 40.2 Å². The fourth-order valence-electron chi connectivity index (χ4n) is 2.95. The average molecular weight is 434 g/mol. The summed E-state index contributed by atoms with van der Waals surface area (Å²) in [4.78, 5) is 25.8. The Morgan fingerprint density at radius 3 is 2.70 bits per heavy atom. The van der Waals surface area contributed by atoms with E-state index >= 15 is 0 Å². The van der Waals surface area contributed by atoms with Gasteiger partial charge in [0.2, 0.25) is 0 Å². The van der Waals surface area contributed by atoms with Crippen molar-refractivity contribution in [2.24, 2.45) is 0 Å². The molecule has 1 heterocycles. The third-order valence-corrected chi connectivity index (χ3v) is 4.88. The number of halogens is 1. The first kappa shape index (κ1) is 19.3. The molecule has 0 saturated carbocycles. The minimum Gasteiger partial charge on any atom is -0.377 e. The van der Waals surface area contributed by atoms with Gasteiger partial charge >= 0.3 is 6.03 Å². The molecule has 27 heavy (non-hydrogen) atoms. The quantitative estimate of drug-likeness (QED) is 0.510. The van der Waals surface area contributed by atoms with Crippen LogP contribution in [0.15, 0.2) is 53.0 Å². The van der Waals surface area contributed by atoms with Gasteiger partial charge in [0.25, 0.3) is 5.91 Å². The van der Waals surface area contributed by atoms with E-state index in [1.54, 1.807) is 34.6 Å². The average Bonchev–Trinajstić information content (AvgIpc) is 2.72. The van der Waals surface area contributed by atoms with E-state index in [0.717, 1.165) is 15.6 Å². The lowest BCUT2D eigenvalue weighted by atomic mass is 10.1. The summed E-state index contributed by atoms with van der Waals surface area (Å²) >= 11 is 3.46. The maximum atomic E-state index is 12.7. The second-order valence-electron chi connectivity index (χ2n) is 6.14. The van der Waals surface area contributed by atoms with Crippen LogP contribution in [0.1, 0.15) is 27.5 Å². The summed E-state index contributed by atoms with van der Waals surface area (Å²) in [5.41, 5.74) is 3.80. The first-order valence-corrected chi connectivity index (χ1v) is 9.29. The van der Waals surface area contributed by atoms with Crippen LogP contribution >= 0.6 is 15.9 Å². The fraction of sp³-hybridized carbons (Fsp3) is 0.263. The van der Waals surface area contributed by atoms with Crippen molar-refractivity contribution in [3.8, 4) is 0 Å². The van der Waals surface area contributed by atoms with E-state index in [9.17, 15) is 9.59 Å². The van der Waals surface area contributed by atoms with E-state index in [1.165, 1.54) is 0 Å². The van der Waals surface area contributed by atoms with E-state index < -0.39 is 5.91 Å². The number of hydrogen-bond acceptors (Lipinski definition) is 4. The Hall–Kier alpha value is -2.42. The Morgan fingerprint density at radius 2 is 2.00 bits per heavy atom. The largest absolute Gasteiger partial charge is 0.377 e. The van der Waals surface area contributed by atoms with Gasteiger partial charge in [0.05, 0.1) is 19.3 Å². The zero-order valence-corrected chi connectivity index (χ0v) is 16.1. The van der Waals surface area contributed by atoms with Crippen LogP contribution in [0.5, 0.6) is 0 Å². The highest BCUT2D eigenvalue weighted by Gasteiger charge is 2.28. The number of nitrogens with zero attached hydrogens (tertiary/aromatic N) is 1. The molecule has 142 valence electrons. The normalized spacial score (nSPS) is 16.7. The van der Waals surface area contributed by atoms with Crippen LogP contribution in [0.3, 0.4) is 0 Å². The summed E-state index contributed by atoms with van der Waals surface area (Å²) in [6, 6.07) is 14.2. The molecule has 1 atom stereocenters. The van der Waals surface area contributed by atoms with Gasteiger partial charge in [-0.25, -0.2) is 10.3 Å². The molecule has 1 unspecified atom stereocenters. The highest BCUT2D eigenvalue weighted by atomic mass is 79.9. The molecule has 0 aliphatic carbocycles. The van der Waals surface area contributed by atoms with Gasteiger partial charge < -0.3 is 15.0 Å². The number of carbonyl (C=O) groups excluding carboxylic acids is 2.